The Balaban J connectivity index is 1.99. The fourth-order valence-electron chi connectivity index (χ4n) is 2.05. The number of carboxylic acid groups (broad SMARTS) is 1. The predicted octanol–water partition coefficient (Wildman–Crippen LogP) is 1.32. The van der Waals surface area contributed by atoms with Gasteiger partial charge in [0.2, 0.25) is 5.91 Å². The van der Waals surface area contributed by atoms with Crippen LogP contribution < -0.4 is 0 Å². The molecule has 0 saturated carbocycles. The number of hydrogen-bond acceptors (Lipinski definition) is 3. The molecule has 1 amide bonds. The zero-order chi connectivity index (χ0) is 14.5. The van der Waals surface area contributed by atoms with Crippen LogP contribution in [0.3, 0.4) is 0 Å². The summed E-state index contributed by atoms with van der Waals surface area (Å²) >= 11 is 0. The standard InChI is InChI=1S/C15H17NO4/c1-11-3-2-4-12(9-11)5-6-14(17)16-7-8-20-13(10-16)15(18)19/h2-6,9,13H,7-8,10H2,1H3,(H,18,19)/b6-5-/t13-/m0/s1. The Labute approximate surface area is 117 Å². The lowest BCUT2D eigenvalue weighted by molar-refractivity contribution is -0.158. The summed E-state index contributed by atoms with van der Waals surface area (Å²) in [6, 6.07) is 7.80. The van der Waals surface area contributed by atoms with Crippen LogP contribution in [0, 0.1) is 6.92 Å². The average Bonchev–Trinajstić information content (AvgIpc) is 2.45. The Kier molecular flexibility index (Phi) is 4.53. The van der Waals surface area contributed by atoms with Gasteiger partial charge in [-0.15, -0.1) is 0 Å². The van der Waals surface area contributed by atoms with Gasteiger partial charge in [0.25, 0.3) is 0 Å². The van der Waals surface area contributed by atoms with Crippen molar-refractivity contribution in [3.63, 3.8) is 0 Å². The highest BCUT2D eigenvalue weighted by Crippen LogP contribution is 2.09. The van der Waals surface area contributed by atoms with E-state index in [4.69, 9.17) is 9.84 Å². The van der Waals surface area contributed by atoms with Crippen LogP contribution in [-0.2, 0) is 14.3 Å². The summed E-state index contributed by atoms with van der Waals surface area (Å²) in [6.45, 7) is 2.74. The van der Waals surface area contributed by atoms with Crippen molar-refractivity contribution >= 4 is 18.0 Å². The number of carboxylic acids is 1. The molecule has 1 saturated heterocycles. The molecule has 1 N–H and O–H groups in total. The van der Waals surface area contributed by atoms with E-state index in [1.807, 2.05) is 31.2 Å². The molecule has 0 radical (unpaired) electrons. The normalized spacial score (nSPS) is 19.2. The second-order valence-corrected chi connectivity index (χ2v) is 4.73. The zero-order valence-electron chi connectivity index (χ0n) is 11.3. The largest absolute Gasteiger partial charge is 0.479 e. The molecule has 0 aromatic heterocycles. The summed E-state index contributed by atoms with van der Waals surface area (Å²) in [5.74, 6) is -1.23. The van der Waals surface area contributed by atoms with E-state index < -0.39 is 12.1 Å². The molecule has 20 heavy (non-hydrogen) atoms. The molecule has 5 heteroatoms. The van der Waals surface area contributed by atoms with Crippen molar-refractivity contribution in [2.24, 2.45) is 0 Å². The monoisotopic (exact) mass is 275 g/mol. The predicted molar refractivity (Wildman–Crippen MR) is 74.2 cm³/mol. The van der Waals surface area contributed by atoms with Crippen molar-refractivity contribution in [2.75, 3.05) is 19.7 Å². The lowest BCUT2D eigenvalue weighted by Crippen LogP contribution is -2.48. The first-order valence-electron chi connectivity index (χ1n) is 6.44. The lowest BCUT2D eigenvalue weighted by Gasteiger charge is -2.30. The van der Waals surface area contributed by atoms with Crippen molar-refractivity contribution in [3.05, 3.63) is 41.5 Å². The molecule has 0 aliphatic carbocycles. The van der Waals surface area contributed by atoms with Crippen LogP contribution in [0.1, 0.15) is 11.1 Å². The van der Waals surface area contributed by atoms with E-state index in [1.165, 1.54) is 11.0 Å². The third-order valence-electron chi connectivity index (χ3n) is 3.11. The Hall–Kier alpha value is -2.14. The van der Waals surface area contributed by atoms with E-state index in [9.17, 15) is 9.59 Å². The number of benzene rings is 1. The van der Waals surface area contributed by atoms with E-state index >= 15 is 0 Å². The van der Waals surface area contributed by atoms with E-state index in [2.05, 4.69) is 0 Å². The molecule has 0 bridgehead atoms. The molecule has 0 unspecified atom stereocenters. The number of aliphatic carboxylic acids is 1. The molecule has 1 aliphatic rings. The van der Waals surface area contributed by atoms with Gasteiger partial charge in [0.15, 0.2) is 6.10 Å². The molecule has 1 fully saturated rings. The fraction of sp³-hybridized carbons (Fsp3) is 0.333. The number of hydrogen-bond donors (Lipinski definition) is 1. The molecule has 1 aromatic carbocycles. The van der Waals surface area contributed by atoms with Crippen molar-refractivity contribution in [1.82, 2.24) is 4.90 Å². The van der Waals surface area contributed by atoms with Gasteiger partial charge in [-0.05, 0) is 18.6 Å². The maximum Gasteiger partial charge on any atom is 0.334 e. The van der Waals surface area contributed by atoms with Gasteiger partial charge in [0.1, 0.15) is 0 Å². The van der Waals surface area contributed by atoms with Gasteiger partial charge in [0, 0.05) is 12.6 Å². The van der Waals surface area contributed by atoms with Crippen LogP contribution >= 0.6 is 0 Å². The third kappa shape index (κ3) is 3.68. The van der Waals surface area contributed by atoms with Crippen LogP contribution in [0.2, 0.25) is 0 Å². The molecule has 1 heterocycles. The number of carbonyl (C=O) groups is 2. The number of morpholine rings is 1. The van der Waals surface area contributed by atoms with E-state index in [-0.39, 0.29) is 19.1 Å². The van der Waals surface area contributed by atoms with Gasteiger partial charge in [-0.2, -0.15) is 0 Å². The lowest BCUT2D eigenvalue weighted by atomic mass is 10.1. The number of amides is 1. The Morgan fingerprint density at radius 1 is 1.45 bits per heavy atom. The van der Waals surface area contributed by atoms with Crippen molar-refractivity contribution < 1.29 is 19.4 Å². The molecule has 1 aromatic rings. The summed E-state index contributed by atoms with van der Waals surface area (Å²) in [5, 5.41) is 8.90. The van der Waals surface area contributed by atoms with Gasteiger partial charge in [-0.3, -0.25) is 4.79 Å². The van der Waals surface area contributed by atoms with Gasteiger partial charge >= 0.3 is 5.97 Å². The van der Waals surface area contributed by atoms with Crippen molar-refractivity contribution in [1.29, 1.82) is 0 Å². The first kappa shape index (κ1) is 14.3. The molecule has 106 valence electrons. The molecular weight excluding hydrogens is 258 g/mol. The van der Waals surface area contributed by atoms with Crippen LogP contribution in [0.25, 0.3) is 6.08 Å². The van der Waals surface area contributed by atoms with Crippen LogP contribution in [0.5, 0.6) is 0 Å². The van der Waals surface area contributed by atoms with Gasteiger partial charge in [-0.1, -0.05) is 29.8 Å². The van der Waals surface area contributed by atoms with Gasteiger partial charge < -0.3 is 14.7 Å². The van der Waals surface area contributed by atoms with E-state index in [0.717, 1.165) is 11.1 Å². The maximum atomic E-state index is 12.0. The third-order valence-corrected chi connectivity index (χ3v) is 3.11. The minimum absolute atomic E-state index is 0.0896. The zero-order valence-corrected chi connectivity index (χ0v) is 11.3. The number of ether oxygens (including phenoxy) is 1. The fourth-order valence-corrected chi connectivity index (χ4v) is 2.05. The van der Waals surface area contributed by atoms with Gasteiger partial charge in [-0.25, -0.2) is 4.79 Å². The minimum Gasteiger partial charge on any atom is -0.479 e. The summed E-state index contributed by atoms with van der Waals surface area (Å²) in [7, 11) is 0. The van der Waals surface area contributed by atoms with Crippen LogP contribution in [0.4, 0.5) is 0 Å². The number of rotatable bonds is 3. The Morgan fingerprint density at radius 2 is 2.25 bits per heavy atom. The average molecular weight is 275 g/mol. The SMILES string of the molecule is Cc1cccc(/C=C\C(=O)N2CCO[C@H](C(=O)O)C2)c1. The highest BCUT2D eigenvalue weighted by Gasteiger charge is 2.27. The number of carbonyl (C=O) groups excluding carboxylic acids is 1. The summed E-state index contributed by atoms with van der Waals surface area (Å²) in [4.78, 5) is 24.4. The quantitative estimate of drug-likeness (QED) is 0.845. The van der Waals surface area contributed by atoms with E-state index in [0.29, 0.717) is 6.54 Å². The molecule has 1 aliphatic heterocycles. The number of nitrogens with zero attached hydrogens (tertiary/aromatic N) is 1. The van der Waals surface area contributed by atoms with Crippen molar-refractivity contribution in [2.45, 2.75) is 13.0 Å². The van der Waals surface area contributed by atoms with Gasteiger partial charge in [0.05, 0.1) is 13.2 Å². The Bertz CT molecular complexity index is 538. The topological polar surface area (TPSA) is 66.8 Å². The summed E-state index contributed by atoms with van der Waals surface area (Å²) in [5.41, 5.74) is 2.07. The highest BCUT2D eigenvalue weighted by atomic mass is 16.5. The summed E-state index contributed by atoms with van der Waals surface area (Å²) in [6.07, 6.45) is 2.28. The first-order chi connectivity index (χ1) is 9.56. The minimum atomic E-state index is -1.04. The highest BCUT2D eigenvalue weighted by molar-refractivity contribution is 5.92. The van der Waals surface area contributed by atoms with E-state index in [1.54, 1.807) is 6.08 Å². The van der Waals surface area contributed by atoms with Crippen LogP contribution in [-0.4, -0.2) is 47.7 Å². The molecule has 0 spiro atoms. The molecule has 1 atom stereocenters. The molecule has 2 rings (SSSR count). The molecule has 5 nitrogen and oxygen atoms in total. The first-order valence-corrected chi connectivity index (χ1v) is 6.44. The Morgan fingerprint density at radius 3 is 2.95 bits per heavy atom. The number of aryl methyl sites for hydroxylation is 1. The molecular formula is C15H17NO4. The summed E-state index contributed by atoms with van der Waals surface area (Å²) < 4.78 is 5.08. The van der Waals surface area contributed by atoms with Crippen LogP contribution in [0.15, 0.2) is 30.3 Å². The smallest absolute Gasteiger partial charge is 0.334 e. The second-order valence-electron chi connectivity index (χ2n) is 4.73. The maximum absolute atomic E-state index is 12.0. The second kappa shape index (κ2) is 6.34. The van der Waals surface area contributed by atoms with Crippen molar-refractivity contribution in [3.8, 4) is 0 Å².